The van der Waals surface area contributed by atoms with Crippen molar-refractivity contribution in [2.75, 3.05) is 7.11 Å². The largest absolute Gasteiger partial charge is 0.466 e. The van der Waals surface area contributed by atoms with E-state index in [2.05, 4.69) is 10.1 Å². The SMILES string of the molecule is COC(=O)C1=C(C(F)F)NC(C)=C(C(=O)OC(C)C)C1c1cccc([N+](=O)[O-])c1. The highest BCUT2D eigenvalue weighted by molar-refractivity contribution is 6.00. The number of benzene rings is 1. The van der Waals surface area contributed by atoms with Crippen LogP contribution in [0.15, 0.2) is 46.8 Å². The van der Waals surface area contributed by atoms with Crippen LogP contribution in [0.5, 0.6) is 0 Å². The van der Waals surface area contributed by atoms with Crippen molar-refractivity contribution in [1.29, 1.82) is 0 Å². The van der Waals surface area contributed by atoms with Crippen LogP contribution in [0.3, 0.4) is 0 Å². The number of alkyl halides is 2. The summed E-state index contributed by atoms with van der Waals surface area (Å²) in [6, 6.07) is 5.08. The smallest absolute Gasteiger partial charge is 0.337 e. The highest BCUT2D eigenvalue weighted by atomic mass is 19.3. The Morgan fingerprint density at radius 3 is 2.38 bits per heavy atom. The fraction of sp³-hybridized carbons (Fsp3) is 0.368. The summed E-state index contributed by atoms with van der Waals surface area (Å²) in [5, 5.41) is 13.6. The van der Waals surface area contributed by atoms with E-state index in [1.165, 1.54) is 25.1 Å². The zero-order valence-electron chi connectivity index (χ0n) is 16.2. The lowest BCUT2D eigenvalue weighted by atomic mass is 9.80. The van der Waals surface area contributed by atoms with E-state index in [1.54, 1.807) is 13.8 Å². The van der Waals surface area contributed by atoms with Crippen molar-refractivity contribution < 1.29 is 32.8 Å². The third kappa shape index (κ3) is 4.58. The van der Waals surface area contributed by atoms with Crippen molar-refractivity contribution in [2.24, 2.45) is 0 Å². The van der Waals surface area contributed by atoms with Crippen LogP contribution in [0.4, 0.5) is 14.5 Å². The van der Waals surface area contributed by atoms with Crippen LogP contribution in [0.25, 0.3) is 0 Å². The zero-order chi connectivity index (χ0) is 21.9. The molecule has 1 heterocycles. The number of allylic oxidation sites excluding steroid dienone is 2. The number of rotatable bonds is 6. The molecule has 0 saturated heterocycles. The lowest BCUT2D eigenvalue weighted by Crippen LogP contribution is -2.35. The van der Waals surface area contributed by atoms with Crippen molar-refractivity contribution in [3.8, 4) is 0 Å². The molecule has 1 aromatic carbocycles. The number of hydrogen-bond donors (Lipinski definition) is 1. The Labute approximate surface area is 165 Å². The normalized spacial score (nSPS) is 16.8. The zero-order valence-corrected chi connectivity index (χ0v) is 16.2. The van der Waals surface area contributed by atoms with Gasteiger partial charge in [-0.3, -0.25) is 10.1 Å². The number of nitrogens with zero attached hydrogens (tertiary/aromatic N) is 1. The van der Waals surface area contributed by atoms with Crippen LogP contribution < -0.4 is 5.32 Å². The van der Waals surface area contributed by atoms with Gasteiger partial charge in [0, 0.05) is 17.8 Å². The molecule has 1 atom stereocenters. The highest BCUT2D eigenvalue weighted by Crippen LogP contribution is 2.41. The highest BCUT2D eigenvalue weighted by Gasteiger charge is 2.41. The molecule has 2 rings (SSSR count). The van der Waals surface area contributed by atoms with E-state index in [4.69, 9.17) is 4.74 Å². The van der Waals surface area contributed by atoms with Gasteiger partial charge in [-0.1, -0.05) is 12.1 Å². The first-order chi connectivity index (χ1) is 13.6. The Hall–Kier alpha value is -3.30. The molecule has 1 aliphatic heterocycles. The van der Waals surface area contributed by atoms with E-state index in [9.17, 15) is 28.5 Å². The van der Waals surface area contributed by atoms with Gasteiger partial charge >= 0.3 is 11.9 Å². The lowest BCUT2D eigenvalue weighted by molar-refractivity contribution is -0.384. The molecule has 0 saturated carbocycles. The Bertz CT molecular complexity index is 908. The summed E-state index contributed by atoms with van der Waals surface area (Å²) in [7, 11) is 1.01. The maximum atomic E-state index is 13.7. The number of non-ortho nitro benzene ring substituents is 1. The van der Waals surface area contributed by atoms with Gasteiger partial charge in [0.25, 0.3) is 12.1 Å². The minimum Gasteiger partial charge on any atom is -0.466 e. The summed E-state index contributed by atoms with van der Waals surface area (Å²) >= 11 is 0. The molecule has 8 nitrogen and oxygen atoms in total. The van der Waals surface area contributed by atoms with Gasteiger partial charge in [0.15, 0.2) is 0 Å². The van der Waals surface area contributed by atoms with Gasteiger partial charge in [-0.2, -0.15) is 0 Å². The van der Waals surface area contributed by atoms with Crippen LogP contribution in [-0.2, 0) is 19.1 Å². The first kappa shape index (κ1) is 22.0. The maximum absolute atomic E-state index is 13.7. The minimum atomic E-state index is -3.08. The molecule has 1 aliphatic rings. The molecule has 0 amide bonds. The molecule has 10 heteroatoms. The number of ether oxygens (including phenoxy) is 2. The second-order valence-corrected chi connectivity index (χ2v) is 6.52. The van der Waals surface area contributed by atoms with Gasteiger partial charge in [-0.15, -0.1) is 0 Å². The predicted molar refractivity (Wildman–Crippen MR) is 97.9 cm³/mol. The van der Waals surface area contributed by atoms with Crippen LogP contribution >= 0.6 is 0 Å². The minimum absolute atomic E-state index is 0.0510. The lowest BCUT2D eigenvalue weighted by Gasteiger charge is -2.31. The van der Waals surface area contributed by atoms with Crippen LogP contribution in [0, 0.1) is 10.1 Å². The molecule has 156 valence electrons. The van der Waals surface area contributed by atoms with E-state index >= 15 is 0 Å². The number of hydrogen-bond acceptors (Lipinski definition) is 7. The van der Waals surface area contributed by atoms with Crippen molar-refractivity contribution >= 4 is 17.6 Å². The van der Waals surface area contributed by atoms with Crippen molar-refractivity contribution in [3.05, 3.63) is 62.5 Å². The van der Waals surface area contributed by atoms with Crippen molar-refractivity contribution in [3.63, 3.8) is 0 Å². The molecule has 0 aromatic heterocycles. The van der Waals surface area contributed by atoms with Gasteiger partial charge in [0.2, 0.25) is 0 Å². The number of halogens is 2. The Morgan fingerprint density at radius 1 is 1.21 bits per heavy atom. The predicted octanol–water partition coefficient (Wildman–Crippen LogP) is 3.20. The van der Waals surface area contributed by atoms with E-state index < -0.39 is 46.6 Å². The molecule has 0 bridgehead atoms. The third-order valence-electron chi connectivity index (χ3n) is 4.19. The fourth-order valence-electron chi connectivity index (χ4n) is 3.06. The number of dihydropyridines is 1. The molecule has 1 N–H and O–H groups in total. The molecule has 1 aromatic rings. The second kappa shape index (κ2) is 8.80. The Balaban J connectivity index is 2.79. The van der Waals surface area contributed by atoms with Gasteiger partial charge in [-0.05, 0) is 26.3 Å². The first-order valence-electron chi connectivity index (χ1n) is 8.62. The van der Waals surface area contributed by atoms with Gasteiger partial charge in [-0.25, -0.2) is 18.4 Å². The van der Waals surface area contributed by atoms with Crippen LogP contribution in [0.2, 0.25) is 0 Å². The monoisotopic (exact) mass is 410 g/mol. The first-order valence-corrected chi connectivity index (χ1v) is 8.62. The van der Waals surface area contributed by atoms with Crippen LogP contribution in [0.1, 0.15) is 32.3 Å². The van der Waals surface area contributed by atoms with E-state index in [0.717, 1.165) is 13.2 Å². The molecule has 29 heavy (non-hydrogen) atoms. The Morgan fingerprint density at radius 2 is 1.86 bits per heavy atom. The summed E-state index contributed by atoms with van der Waals surface area (Å²) in [5.74, 6) is -3.26. The van der Waals surface area contributed by atoms with Gasteiger partial charge in [0.05, 0.1) is 40.9 Å². The van der Waals surface area contributed by atoms with E-state index in [0.29, 0.717) is 0 Å². The van der Waals surface area contributed by atoms with Gasteiger partial charge in [0.1, 0.15) is 0 Å². The number of nitrogens with one attached hydrogen (secondary N) is 1. The van der Waals surface area contributed by atoms with E-state index in [-0.39, 0.29) is 22.5 Å². The summed E-state index contributed by atoms with van der Waals surface area (Å²) in [5.41, 5.74) is -1.51. The molecule has 0 fully saturated rings. The quantitative estimate of drug-likeness (QED) is 0.436. The summed E-state index contributed by atoms with van der Waals surface area (Å²) in [4.78, 5) is 35.7. The van der Waals surface area contributed by atoms with Crippen LogP contribution in [-0.4, -0.2) is 36.5 Å². The number of methoxy groups -OCH3 is 1. The third-order valence-corrected chi connectivity index (χ3v) is 4.19. The number of esters is 2. The standard InChI is InChI=1S/C19H20F2N2O6/c1-9(2)29-19(25)13-10(3)22-16(17(20)21)15(18(24)28-4)14(13)11-6-5-7-12(8-11)23(26)27/h5-9,14,17,22H,1-4H3. The van der Waals surface area contributed by atoms with Crippen molar-refractivity contribution in [2.45, 2.75) is 39.2 Å². The summed E-state index contributed by atoms with van der Waals surface area (Å²) in [6.07, 6.45) is -3.60. The Kier molecular flexibility index (Phi) is 6.68. The molecule has 1 unspecified atom stereocenters. The average molecular weight is 410 g/mol. The molecule has 0 radical (unpaired) electrons. The molecular weight excluding hydrogens is 390 g/mol. The number of carbonyl (C=O) groups is 2. The number of nitro benzene ring substituents is 1. The maximum Gasteiger partial charge on any atom is 0.337 e. The summed E-state index contributed by atoms with van der Waals surface area (Å²) < 4.78 is 37.3. The average Bonchev–Trinajstić information content (AvgIpc) is 2.65. The fourth-order valence-corrected chi connectivity index (χ4v) is 3.06. The van der Waals surface area contributed by atoms with Crippen molar-refractivity contribution in [1.82, 2.24) is 5.32 Å². The summed E-state index contributed by atoms with van der Waals surface area (Å²) in [6.45, 7) is 4.60. The van der Waals surface area contributed by atoms with Gasteiger partial charge < -0.3 is 14.8 Å². The number of carbonyl (C=O) groups excluding carboxylic acids is 2. The molecule has 0 spiro atoms. The van der Waals surface area contributed by atoms with E-state index in [1.807, 2.05) is 0 Å². The number of nitro groups is 1. The molecular formula is C19H20F2N2O6. The topological polar surface area (TPSA) is 108 Å². The molecule has 0 aliphatic carbocycles. The second-order valence-electron chi connectivity index (χ2n) is 6.52.